The molecule has 3 heterocycles. The van der Waals surface area contributed by atoms with Gasteiger partial charge < -0.3 is 15.0 Å². The lowest BCUT2D eigenvalue weighted by Gasteiger charge is -2.40. The number of hydrogen-bond acceptors (Lipinski definition) is 5. The Morgan fingerprint density at radius 2 is 1.96 bits per heavy atom. The molecule has 1 amide bonds. The number of piperidine rings is 1. The monoisotopic (exact) mass is 332 g/mol. The predicted octanol–water partition coefficient (Wildman–Crippen LogP) is 2.06. The van der Waals surface area contributed by atoms with Crippen LogP contribution in [0.15, 0.2) is 0 Å². The first-order valence-electron chi connectivity index (χ1n) is 8.88. The molecule has 2 aliphatic rings. The highest BCUT2D eigenvalue weighted by Gasteiger charge is 2.42. The Balaban J connectivity index is 1.61. The summed E-state index contributed by atoms with van der Waals surface area (Å²) in [5.41, 5.74) is 2.22. The summed E-state index contributed by atoms with van der Waals surface area (Å²) < 4.78 is 6.33. The third-order valence-corrected chi connectivity index (χ3v) is 5.37. The summed E-state index contributed by atoms with van der Waals surface area (Å²) in [5.74, 6) is 1.92. The van der Waals surface area contributed by atoms with E-state index in [0.29, 0.717) is 6.54 Å². The van der Waals surface area contributed by atoms with Gasteiger partial charge in [-0.05, 0) is 46.5 Å². The van der Waals surface area contributed by atoms with E-state index in [0.717, 1.165) is 56.1 Å². The van der Waals surface area contributed by atoms with Crippen molar-refractivity contribution in [2.45, 2.75) is 65.1 Å². The SMILES string of the molecule is CC(=O)NC[C@H]1CCC2(CCN(c3nc(C)nc(C)c3C)CC2)O1. The van der Waals surface area contributed by atoms with Crippen LogP contribution in [0.3, 0.4) is 0 Å². The molecule has 0 unspecified atom stereocenters. The molecular formula is C18H28N4O2. The molecule has 2 aliphatic heterocycles. The van der Waals surface area contributed by atoms with Crippen LogP contribution in [0.1, 0.15) is 49.7 Å². The van der Waals surface area contributed by atoms with Gasteiger partial charge in [-0.15, -0.1) is 0 Å². The fourth-order valence-corrected chi connectivity index (χ4v) is 3.85. The van der Waals surface area contributed by atoms with E-state index >= 15 is 0 Å². The van der Waals surface area contributed by atoms with Gasteiger partial charge in [0.15, 0.2) is 0 Å². The molecule has 6 heteroatoms. The first kappa shape index (κ1) is 17.1. The summed E-state index contributed by atoms with van der Waals surface area (Å²) in [6, 6.07) is 0. The zero-order valence-electron chi connectivity index (χ0n) is 15.2. The molecular weight excluding hydrogens is 304 g/mol. The maximum Gasteiger partial charge on any atom is 0.216 e. The number of rotatable bonds is 3. The van der Waals surface area contributed by atoms with Crippen molar-refractivity contribution >= 4 is 11.7 Å². The van der Waals surface area contributed by atoms with Gasteiger partial charge in [-0.2, -0.15) is 0 Å². The smallest absolute Gasteiger partial charge is 0.216 e. The molecule has 2 saturated heterocycles. The minimum atomic E-state index is -0.00927. The van der Waals surface area contributed by atoms with Gasteiger partial charge in [0.1, 0.15) is 11.6 Å². The highest BCUT2D eigenvalue weighted by atomic mass is 16.5. The van der Waals surface area contributed by atoms with Gasteiger partial charge in [-0.3, -0.25) is 4.79 Å². The zero-order chi connectivity index (χ0) is 17.3. The number of nitrogens with one attached hydrogen (secondary N) is 1. The minimum Gasteiger partial charge on any atom is -0.370 e. The fourth-order valence-electron chi connectivity index (χ4n) is 3.85. The van der Waals surface area contributed by atoms with Gasteiger partial charge in [0.25, 0.3) is 0 Å². The van der Waals surface area contributed by atoms with Gasteiger partial charge in [0.2, 0.25) is 5.91 Å². The quantitative estimate of drug-likeness (QED) is 0.918. The van der Waals surface area contributed by atoms with Crippen LogP contribution >= 0.6 is 0 Å². The van der Waals surface area contributed by atoms with Gasteiger partial charge in [-0.25, -0.2) is 9.97 Å². The number of anilines is 1. The van der Waals surface area contributed by atoms with Crippen LogP contribution in [0.2, 0.25) is 0 Å². The Hall–Kier alpha value is -1.69. The van der Waals surface area contributed by atoms with Gasteiger partial charge in [0.05, 0.1) is 11.7 Å². The van der Waals surface area contributed by atoms with E-state index in [9.17, 15) is 4.79 Å². The van der Waals surface area contributed by atoms with Gasteiger partial charge in [0, 0.05) is 37.8 Å². The number of aryl methyl sites for hydroxylation is 2. The minimum absolute atomic E-state index is 0.00927. The zero-order valence-corrected chi connectivity index (χ0v) is 15.2. The Morgan fingerprint density at radius 3 is 2.62 bits per heavy atom. The molecule has 0 aliphatic carbocycles. The van der Waals surface area contributed by atoms with Crippen molar-refractivity contribution < 1.29 is 9.53 Å². The Kier molecular flexibility index (Phi) is 4.76. The van der Waals surface area contributed by atoms with Crippen molar-refractivity contribution in [1.82, 2.24) is 15.3 Å². The molecule has 24 heavy (non-hydrogen) atoms. The number of nitrogens with zero attached hydrogens (tertiary/aromatic N) is 3. The first-order valence-corrected chi connectivity index (χ1v) is 8.88. The molecule has 1 aromatic heterocycles. The summed E-state index contributed by atoms with van der Waals surface area (Å²) in [7, 11) is 0. The van der Waals surface area contributed by atoms with Crippen LogP contribution in [0.5, 0.6) is 0 Å². The first-order chi connectivity index (χ1) is 11.4. The largest absolute Gasteiger partial charge is 0.370 e. The van der Waals surface area contributed by atoms with Crippen LogP contribution in [0.4, 0.5) is 5.82 Å². The van der Waals surface area contributed by atoms with Crippen molar-refractivity contribution in [3.8, 4) is 0 Å². The maximum atomic E-state index is 11.1. The normalized spacial score (nSPS) is 22.8. The van der Waals surface area contributed by atoms with Crippen molar-refractivity contribution in [3.63, 3.8) is 0 Å². The van der Waals surface area contributed by atoms with E-state index < -0.39 is 0 Å². The van der Waals surface area contributed by atoms with Crippen LogP contribution in [0, 0.1) is 20.8 Å². The number of carbonyl (C=O) groups is 1. The van der Waals surface area contributed by atoms with E-state index in [-0.39, 0.29) is 17.6 Å². The average molecular weight is 332 g/mol. The van der Waals surface area contributed by atoms with E-state index in [1.165, 1.54) is 5.56 Å². The maximum absolute atomic E-state index is 11.1. The number of carbonyl (C=O) groups excluding carboxylic acids is 1. The molecule has 132 valence electrons. The molecule has 0 radical (unpaired) electrons. The van der Waals surface area contributed by atoms with E-state index in [1.54, 1.807) is 6.92 Å². The second-order valence-electron chi connectivity index (χ2n) is 7.19. The fraction of sp³-hybridized carbons (Fsp3) is 0.722. The summed E-state index contributed by atoms with van der Waals surface area (Å²) >= 11 is 0. The molecule has 1 aromatic rings. The lowest BCUT2D eigenvalue weighted by Crippen LogP contribution is -2.45. The lowest BCUT2D eigenvalue weighted by molar-refractivity contribution is -0.120. The lowest BCUT2D eigenvalue weighted by atomic mass is 9.88. The second kappa shape index (κ2) is 6.67. The topological polar surface area (TPSA) is 67.4 Å². The van der Waals surface area contributed by atoms with Crippen LogP contribution in [-0.2, 0) is 9.53 Å². The van der Waals surface area contributed by atoms with Crippen LogP contribution in [0.25, 0.3) is 0 Å². The third kappa shape index (κ3) is 3.53. The second-order valence-corrected chi connectivity index (χ2v) is 7.19. The van der Waals surface area contributed by atoms with Crippen molar-refractivity contribution in [2.75, 3.05) is 24.5 Å². The number of hydrogen-bond donors (Lipinski definition) is 1. The molecule has 6 nitrogen and oxygen atoms in total. The van der Waals surface area contributed by atoms with Gasteiger partial charge >= 0.3 is 0 Å². The van der Waals surface area contributed by atoms with Crippen molar-refractivity contribution in [1.29, 1.82) is 0 Å². The number of aromatic nitrogens is 2. The highest BCUT2D eigenvalue weighted by Crippen LogP contribution is 2.39. The van der Waals surface area contributed by atoms with Crippen molar-refractivity contribution in [3.05, 3.63) is 17.1 Å². The van der Waals surface area contributed by atoms with E-state index in [2.05, 4.69) is 27.1 Å². The van der Waals surface area contributed by atoms with E-state index in [1.807, 2.05) is 13.8 Å². The molecule has 0 saturated carbocycles. The predicted molar refractivity (Wildman–Crippen MR) is 93.2 cm³/mol. The molecule has 0 bridgehead atoms. The highest BCUT2D eigenvalue weighted by molar-refractivity contribution is 5.72. The standard InChI is InChI=1S/C18H28N4O2/c1-12-13(2)20-14(3)21-17(12)22-9-7-18(8-10-22)6-5-16(24-18)11-19-15(4)23/h16H,5-11H2,1-4H3,(H,19,23)/t16-/m1/s1. The van der Waals surface area contributed by atoms with Crippen LogP contribution in [-0.4, -0.2) is 47.2 Å². The Labute approximate surface area is 144 Å². The molecule has 1 atom stereocenters. The Bertz CT molecular complexity index is 624. The third-order valence-electron chi connectivity index (χ3n) is 5.37. The number of ether oxygens (including phenoxy) is 1. The molecule has 2 fully saturated rings. The molecule has 3 rings (SSSR count). The van der Waals surface area contributed by atoms with Gasteiger partial charge in [-0.1, -0.05) is 0 Å². The molecule has 1 N–H and O–H groups in total. The summed E-state index contributed by atoms with van der Waals surface area (Å²) in [6.07, 6.45) is 4.32. The van der Waals surface area contributed by atoms with Crippen molar-refractivity contribution in [2.24, 2.45) is 0 Å². The van der Waals surface area contributed by atoms with Crippen LogP contribution < -0.4 is 10.2 Å². The molecule has 0 aromatic carbocycles. The average Bonchev–Trinajstić information content (AvgIpc) is 2.93. The molecule has 1 spiro atoms. The Morgan fingerprint density at radius 1 is 1.25 bits per heavy atom. The summed E-state index contributed by atoms with van der Waals surface area (Å²) in [6.45, 7) is 10.2. The number of amides is 1. The summed E-state index contributed by atoms with van der Waals surface area (Å²) in [5, 5.41) is 2.87. The summed E-state index contributed by atoms with van der Waals surface area (Å²) in [4.78, 5) is 22.5. The van der Waals surface area contributed by atoms with E-state index in [4.69, 9.17) is 4.74 Å².